The van der Waals surface area contributed by atoms with Crippen LogP contribution in [-0.4, -0.2) is 31.5 Å². The second-order valence-electron chi connectivity index (χ2n) is 5.72. The number of methoxy groups -OCH3 is 1. The molecular weight excluding hydrogens is 420 g/mol. The number of carbonyl (C=O) groups is 1. The summed E-state index contributed by atoms with van der Waals surface area (Å²) in [4.78, 5) is 21.8. The lowest BCUT2D eigenvalue weighted by atomic mass is 10.2. The molecule has 0 spiro atoms. The Kier molecular flexibility index (Phi) is 5.52. The first-order valence-corrected chi connectivity index (χ1v) is 10.3. The summed E-state index contributed by atoms with van der Waals surface area (Å²) >= 11 is 0.893. The minimum atomic E-state index is -4.44. The second kappa shape index (κ2) is 7.89. The van der Waals surface area contributed by atoms with E-state index >= 15 is 0 Å². The van der Waals surface area contributed by atoms with Crippen molar-refractivity contribution in [2.24, 2.45) is 0 Å². The van der Waals surface area contributed by atoms with Gasteiger partial charge in [0.05, 0.1) is 23.8 Å². The third-order valence-electron chi connectivity index (χ3n) is 3.88. The van der Waals surface area contributed by atoms with Gasteiger partial charge >= 0.3 is 5.97 Å². The van der Waals surface area contributed by atoms with Gasteiger partial charge in [-0.3, -0.25) is 14.8 Å². The number of rotatable bonds is 7. The second-order valence-corrected chi connectivity index (χ2v) is 8.42. The number of hydrogen-bond acceptors (Lipinski definition) is 7. The van der Waals surface area contributed by atoms with Gasteiger partial charge in [-0.15, -0.1) is 11.3 Å². The molecule has 0 bridgehead atoms. The zero-order valence-electron chi connectivity index (χ0n) is 14.9. The molecular formula is C18H14N2O7S2. The molecule has 1 aromatic heterocycles. The van der Waals surface area contributed by atoms with Crippen molar-refractivity contribution in [3.63, 3.8) is 0 Å². The zero-order valence-corrected chi connectivity index (χ0v) is 16.5. The zero-order chi connectivity index (χ0) is 21.2. The molecule has 0 amide bonds. The first-order chi connectivity index (χ1) is 13.7. The largest absolute Gasteiger partial charge is 0.497 e. The smallest absolute Gasteiger partial charge is 0.348 e. The Labute approximate surface area is 169 Å². The van der Waals surface area contributed by atoms with Gasteiger partial charge in [-0.25, -0.2) is 13.2 Å². The Morgan fingerprint density at radius 1 is 1.17 bits per heavy atom. The van der Waals surface area contributed by atoms with E-state index in [0.717, 1.165) is 23.5 Å². The number of carboxylic acids is 1. The van der Waals surface area contributed by atoms with Gasteiger partial charge in [-0.1, -0.05) is 30.3 Å². The number of benzene rings is 2. The first-order valence-electron chi connectivity index (χ1n) is 8.00. The summed E-state index contributed by atoms with van der Waals surface area (Å²) in [6.07, 6.45) is 0. The van der Waals surface area contributed by atoms with Crippen LogP contribution in [0.2, 0.25) is 0 Å². The quantitative estimate of drug-likeness (QED) is 0.426. The predicted octanol–water partition coefficient (Wildman–Crippen LogP) is 3.83. The minimum Gasteiger partial charge on any atom is -0.497 e. The van der Waals surface area contributed by atoms with Crippen LogP contribution in [0.5, 0.6) is 5.75 Å². The number of nitro benzene ring substituents is 1. The van der Waals surface area contributed by atoms with E-state index in [1.807, 2.05) is 0 Å². The van der Waals surface area contributed by atoms with E-state index in [2.05, 4.69) is 4.72 Å². The summed E-state index contributed by atoms with van der Waals surface area (Å²) in [5.74, 6) is -1.21. The number of nitro groups is 1. The molecule has 0 aliphatic carbocycles. The van der Waals surface area contributed by atoms with E-state index < -0.39 is 31.5 Å². The lowest BCUT2D eigenvalue weighted by molar-refractivity contribution is -0.387. The molecule has 9 nitrogen and oxygen atoms in total. The van der Waals surface area contributed by atoms with Crippen LogP contribution in [0.3, 0.4) is 0 Å². The maximum atomic E-state index is 12.8. The van der Waals surface area contributed by atoms with Crippen molar-refractivity contribution in [2.45, 2.75) is 4.90 Å². The molecule has 2 aromatic carbocycles. The highest BCUT2D eigenvalue weighted by Crippen LogP contribution is 2.37. The standard InChI is InChI=1S/C18H14N2O7S2/c1-27-12-7-8-16(14(9-12)20(23)24)29(25,26)19-13-10-15(28-17(13)18(21)22)11-5-3-2-4-6-11/h2-10,19H,1H3,(H,21,22). The SMILES string of the molecule is COc1ccc(S(=O)(=O)Nc2cc(-c3ccccc3)sc2C(=O)O)c([N+](=O)[O-])c1. The van der Waals surface area contributed by atoms with Crippen molar-refractivity contribution in [3.05, 3.63) is 69.6 Å². The molecule has 0 saturated heterocycles. The lowest BCUT2D eigenvalue weighted by Crippen LogP contribution is -2.16. The van der Waals surface area contributed by atoms with Gasteiger partial charge in [0.2, 0.25) is 0 Å². The van der Waals surface area contributed by atoms with Gasteiger partial charge in [0.15, 0.2) is 4.90 Å². The minimum absolute atomic E-state index is 0.115. The fraction of sp³-hybridized carbons (Fsp3) is 0.0556. The average molecular weight is 434 g/mol. The Bertz CT molecular complexity index is 1190. The van der Waals surface area contributed by atoms with E-state index in [1.54, 1.807) is 30.3 Å². The van der Waals surface area contributed by atoms with Gasteiger partial charge in [-0.05, 0) is 23.8 Å². The Morgan fingerprint density at radius 2 is 1.86 bits per heavy atom. The number of nitrogens with zero attached hydrogens (tertiary/aromatic N) is 1. The molecule has 0 aliphatic rings. The van der Waals surface area contributed by atoms with Crippen LogP contribution in [0.4, 0.5) is 11.4 Å². The molecule has 0 atom stereocenters. The number of sulfonamides is 1. The van der Waals surface area contributed by atoms with Crippen molar-refractivity contribution < 1.29 is 28.0 Å². The number of thiophene rings is 1. The van der Waals surface area contributed by atoms with Gasteiger partial charge in [-0.2, -0.15) is 0 Å². The summed E-state index contributed by atoms with van der Waals surface area (Å²) in [5, 5.41) is 20.8. The normalized spacial score (nSPS) is 11.1. The molecule has 3 aromatic rings. The molecule has 0 saturated carbocycles. The van der Waals surface area contributed by atoms with Crippen LogP contribution >= 0.6 is 11.3 Å². The third-order valence-corrected chi connectivity index (χ3v) is 6.47. The maximum absolute atomic E-state index is 12.8. The fourth-order valence-corrected chi connectivity index (χ4v) is 4.80. The van der Waals surface area contributed by atoms with Gasteiger partial charge in [0.1, 0.15) is 10.6 Å². The molecule has 2 N–H and O–H groups in total. The van der Waals surface area contributed by atoms with Gasteiger partial charge < -0.3 is 9.84 Å². The van der Waals surface area contributed by atoms with Gasteiger partial charge in [0.25, 0.3) is 15.7 Å². The highest BCUT2D eigenvalue weighted by Gasteiger charge is 2.29. The van der Waals surface area contributed by atoms with Crippen molar-refractivity contribution in [2.75, 3.05) is 11.8 Å². The highest BCUT2D eigenvalue weighted by molar-refractivity contribution is 7.93. The summed E-state index contributed by atoms with van der Waals surface area (Å²) < 4.78 is 32.7. The molecule has 11 heteroatoms. The first kappa shape index (κ1) is 20.3. The van der Waals surface area contributed by atoms with Crippen molar-refractivity contribution >= 4 is 38.7 Å². The van der Waals surface area contributed by atoms with Gasteiger partial charge in [0, 0.05) is 4.88 Å². The monoisotopic (exact) mass is 434 g/mol. The Morgan fingerprint density at radius 3 is 2.45 bits per heavy atom. The molecule has 0 radical (unpaired) electrons. The van der Waals surface area contributed by atoms with E-state index in [1.165, 1.54) is 19.2 Å². The average Bonchev–Trinajstić information content (AvgIpc) is 3.11. The molecule has 0 unspecified atom stereocenters. The molecule has 150 valence electrons. The van der Waals surface area contributed by atoms with Crippen LogP contribution in [0.1, 0.15) is 9.67 Å². The van der Waals surface area contributed by atoms with Crippen molar-refractivity contribution in [1.82, 2.24) is 0 Å². The third kappa shape index (κ3) is 4.20. The van der Waals surface area contributed by atoms with Crippen molar-refractivity contribution in [1.29, 1.82) is 0 Å². The summed E-state index contributed by atoms with van der Waals surface area (Å²) in [6.45, 7) is 0. The van der Waals surface area contributed by atoms with E-state index in [4.69, 9.17) is 4.74 Å². The number of aromatic carboxylic acids is 1. The number of carboxylic acid groups (broad SMARTS) is 1. The van der Waals surface area contributed by atoms with Crippen LogP contribution < -0.4 is 9.46 Å². The van der Waals surface area contributed by atoms with Crippen LogP contribution in [-0.2, 0) is 10.0 Å². The molecule has 3 rings (SSSR count). The Hall–Kier alpha value is -3.44. The van der Waals surface area contributed by atoms with Crippen LogP contribution in [0, 0.1) is 10.1 Å². The van der Waals surface area contributed by atoms with Crippen LogP contribution in [0.15, 0.2) is 59.5 Å². The lowest BCUT2D eigenvalue weighted by Gasteiger charge is -2.09. The maximum Gasteiger partial charge on any atom is 0.348 e. The van der Waals surface area contributed by atoms with E-state index in [0.29, 0.717) is 10.4 Å². The fourth-order valence-electron chi connectivity index (χ4n) is 2.56. The summed E-state index contributed by atoms with van der Waals surface area (Å²) in [5.41, 5.74) is -0.153. The Balaban J connectivity index is 2.06. The summed E-state index contributed by atoms with van der Waals surface area (Å²) in [6, 6.07) is 13.5. The van der Waals surface area contributed by atoms with Crippen molar-refractivity contribution in [3.8, 4) is 16.2 Å². The highest BCUT2D eigenvalue weighted by atomic mass is 32.2. The number of nitrogens with one attached hydrogen (secondary N) is 1. The molecule has 0 aliphatic heterocycles. The predicted molar refractivity (Wildman–Crippen MR) is 107 cm³/mol. The van der Waals surface area contributed by atoms with E-state index in [-0.39, 0.29) is 16.3 Å². The number of ether oxygens (including phenoxy) is 1. The van der Waals surface area contributed by atoms with Crippen LogP contribution in [0.25, 0.3) is 10.4 Å². The molecule has 0 fully saturated rings. The molecule has 1 heterocycles. The topological polar surface area (TPSA) is 136 Å². The number of anilines is 1. The molecule has 29 heavy (non-hydrogen) atoms. The van der Waals surface area contributed by atoms with E-state index in [9.17, 15) is 28.4 Å². The number of hydrogen-bond donors (Lipinski definition) is 2. The summed E-state index contributed by atoms with van der Waals surface area (Å²) in [7, 11) is -3.15.